The van der Waals surface area contributed by atoms with Crippen LogP contribution in [0, 0.1) is 11.3 Å². The van der Waals surface area contributed by atoms with Crippen LogP contribution in [0.1, 0.15) is 64.8 Å². The van der Waals surface area contributed by atoms with Crippen molar-refractivity contribution in [3.05, 3.63) is 17.5 Å². The molecule has 0 aliphatic heterocycles. The maximum Gasteiger partial charge on any atom is 0.0624 e. The summed E-state index contributed by atoms with van der Waals surface area (Å²) < 4.78 is 2.03. The normalized spacial score (nSPS) is 27.8. The molecule has 0 spiro atoms. The zero-order chi connectivity index (χ0) is 15.0. The van der Waals surface area contributed by atoms with Crippen LogP contribution in [0.2, 0.25) is 0 Å². The van der Waals surface area contributed by atoms with Crippen LogP contribution >= 0.6 is 0 Å². The van der Waals surface area contributed by atoms with E-state index in [2.05, 4.69) is 38.9 Å². The molecule has 3 nitrogen and oxygen atoms in total. The lowest BCUT2D eigenvalue weighted by Gasteiger charge is -2.48. The highest BCUT2D eigenvalue weighted by Crippen LogP contribution is 2.44. The Balaban J connectivity index is 2.25. The van der Waals surface area contributed by atoms with Crippen LogP contribution in [-0.4, -0.2) is 15.3 Å². The van der Waals surface area contributed by atoms with Crippen LogP contribution in [-0.2, 0) is 19.9 Å². The van der Waals surface area contributed by atoms with E-state index in [9.17, 15) is 0 Å². The lowest BCUT2D eigenvalue weighted by atomic mass is 9.61. The molecule has 1 aliphatic rings. The number of nitrogens with two attached hydrogens (primary N) is 1. The molecule has 2 rings (SSSR count). The number of aryl methyl sites for hydroxylation is 2. The fourth-order valence-electron chi connectivity index (χ4n) is 4.02. The molecular weight excluding hydrogens is 246 g/mol. The number of nitrogens with zero attached hydrogens (tertiary/aromatic N) is 2. The summed E-state index contributed by atoms with van der Waals surface area (Å²) in [6.07, 6.45) is 6.95. The number of rotatable bonds is 3. The zero-order valence-electron chi connectivity index (χ0n) is 13.9. The summed E-state index contributed by atoms with van der Waals surface area (Å²) in [5, 5.41) is 4.57. The quantitative estimate of drug-likeness (QED) is 0.919. The molecule has 3 heteroatoms. The molecule has 1 saturated carbocycles. The molecule has 114 valence electrons. The average molecular weight is 277 g/mol. The van der Waals surface area contributed by atoms with Gasteiger partial charge in [0.25, 0.3) is 0 Å². The Morgan fingerprint density at radius 3 is 2.65 bits per heavy atom. The van der Waals surface area contributed by atoms with Gasteiger partial charge in [-0.1, -0.05) is 40.5 Å². The van der Waals surface area contributed by atoms with E-state index in [-0.39, 0.29) is 11.0 Å². The summed E-state index contributed by atoms with van der Waals surface area (Å²) in [5.41, 5.74) is 9.57. The van der Waals surface area contributed by atoms with Gasteiger partial charge in [0.15, 0.2) is 0 Å². The SMILES string of the molecule is CCc1cc(CC2(N)CCCCC2C(C)(C)C)n(C)n1. The number of hydrogen-bond acceptors (Lipinski definition) is 2. The monoisotopic (exact) mass is 277 g/mol. The Kier molecular flexibility index (Phi) is 4.29. The third-order valence-electron chi connectivity index (χ3n) is 5.02. The van der Waals surface area contributed by atoms with E-state index in [0.717, 1.165) is 19.3 Å². The van der Waals surface area contributed by atoms with Gasteiger partial charge in [0.1, 0.15) is 0 Å². The van der Waals surface area contributed by atoms with E-state index in [0.29, 0.717) is 5.92 Å². The largest absolute Gasteiger partial charge is 0.324 e. The summed E-state index contributed by atoms with van der Waals surface area (Å²) in [4.78, 5) is 0. The van der Waals surface area contributed by atoms with Gasteiger partial charge in [-0.2, -0.15) is 5.10 Å². The summed E-state index contributed by atoms with van der Waals surface area (Å²) in [5.74, 6) is 0.587. The highest BCUT2D eigenvalue weighted by atomic mass is 15.3. The first-order valence-electron chi connectivity index (χ1n) is 8.07. The minimum absolute atomic E-state index is 0.0741. The molecule has 0 aromatic carbocycles. The molecular formula is C17H31N3. The molecule has 1 aromatic rings. The third kappa shape index (κ3) is 3.08. The second-order valence-electron chi connectivity index (χ2n) is 7.68. The Bertz CT molecular complexity index is 455. The molecule has 1 heterocycles. The number of hydrogen-bond donors (Lipinski definition) is 1. The first kappa shape index (κ1) is 15.6. The maximum absolute atomic E-state index is 6.90. The van der Waals surface area contributed by atoms with Gasteiger partial charge in [-0.25, -0.2) is 0 Å². The average Bonchev–Trinajstić information content (AvgIpc) is 2.68. The lowest BCUT2D eigenvalue weighted by Crippen LogP contribution is -2.55. The summed E-state index contributed by atoms with van der Waals surface area (Å²) in [6.45, 7) is 9.17. The topological polar surface area (TPSA) is 43.8 Å². The molecule has 2 unspecified atom stereocenters. The lowest BCUT2D eigenvalue weighted by molar-refractivity contribution is 0.0780. The van der Waals surface area contributed by atoms with Crippen LogP contribution < -0.4 is 5.73 Å². The highest BCUT2D eigenvalue weighted by Gasteiger charge is 2.43. The van der Waals surface area contributed by atoms with E-state index >= 15 is 0 Å². The van der Waals surface area contributed by atoms with Gasteiger partial charge >= 0.3 is 0 Å². The number of aromatic nitrogens is 2. The maximum atomic E-state index is 6.90. The predicted molar refractivity (Wildman–Crippen MR) is 84.6 cm³/mol. The van der Waals surface area contributed by atoms with Crippen molar-refractivity contribution in [3.63, 3.8) is 0 Å². The van der Waals surface area contributed by atoms with Crippen LogP contribution in [0.5, 0.6) is 0 Å². The second-order valence-corrected chi connectivity index (χ2v) is 7.68. The molecule has 1 fully saturated rings. The molecule has 0 bridgehead atoms. The first-order chi connectivity index (χ1) is 9.26. The van der Waals surface area contributed by atoms with Gasteiger partial charge in [0.2, 0.25) is 0 Å². The predicted octanol–water partition coefficient (Wildman–Crippen LogP) is 3.46. The molecule has 0 radical (unpaired) electrons. The van der Waals surface area contributed by atoms with Crippen molar-refractivity contribution in [1.29, 1.82) is 0 Å². The van der Waals surface area contributed by atoms with E-state index in [4.69, 9.17) is 5.73 Å². The van der Waals surface area contributed by atoms with E-state index in [1.54, 1.807) is 0 Å². The van der Waals surface area contributed by atoms with Crippen molar-refractivity contribution in [2.75, 3.05) is 0 Å². The van der Waals surface area contributed by atoms with Gasteiger partial charge in [0, 0.05) is 24.7 Å². The molecule has 0 amide bonds. The van der Waals surface area contributed by atoms with Crippen LogP contribution in [0.25, 0.3) is 0 Å². The van der Waals surface area contributed by atoms with Crippen molar-refractivity contribution in [1.82, 2.24) is 9.78 Å². The smallest absolute Gasteiger partial charge is 0.0624 e. The Hall–Kier alpha value is -0.830. The second kappa shape index (κ2) is 5.51. The fraction of sp³-hybridized carbons (Fsp3) is 0.824. The van der Waals surface area contributed by atoms with Crippen molar-refractivity contribution >= 4 is 0 Å². The fourth-order valence-corrected chi connectivity index (χ4v) is 4.02. The van der Waals surface area contributed by atoms with Crippen LogP contribution in [0.15, 0.2) is 6.07 Å². The van der Waals surface area contributed by atoms with Gasteiger partial charge < -0.3 is 5.73 Å². The minimum atomic E-state index is -0.0741. The molecule has 2 atom stereocenters. The molecule has 2 N–H and O–H groups in total. The molecule has 20 heavy (non-hydrogen) atoms. The standard InChI is InChI=1S/C17H31N3/c1-6-13-11-14(20(5)19-13)12-17(18)10-8-7-9-15(17)16(2,3)4/h11,15H,6-10,12,18H2,1-5H3. The summed E-state index contributed by atoms with van der Waals surface area (Å²) in [7, 11) is 2.05. The van der Waals surface area contributed by atoms with Gasteiger partial charge in [-0.15, -0.1) is 0 Å². The van der Waals surface area contributed by atoms with Gasteiger partial charge in [-0.05, 0) is 36.7 Å². The van der Waals surface area contributed by atoms with Crippen molar-refractivity contribution < 1.29 is 0 Å². The third-order valence-corrected chi connectivity index (χ3v) is 5.02. The molecule has 0 saturated heterocycles. The summed E-state index contributed by atoms with van der Waals surface area (Å²) >= 11 is 0. The van der Waals surface area contributed by atoms with Crippen LogP contribution in [0.4, 0.5) is 0 Å². The Morgan fingerprint density at radius 2 is 2.10 bits per heavy atom. The van der Waals surface area contributed by atoms with E-state index in [1.807, 2.05) is 11.7 Å². The van der Waals surface area contributed by atoms with Crippen LogP contribution in [0.3, 0.4) is 0 Å². The van der Waals surface area contributed by atoms with Gasteiger partial charge in [0.05, 0.1) is 5.69 Å². The van der Waals surface area contributed by atoms with Crippen molar-refractivity contribution in [2.24, 2.45) is 24.1 Å². The minimum Gasteiger partial charge on any atom is -0.324 e. The van der Waals surface area contributed by atoms with Crippen molar-refractivity contribution in [3.8, 4) is 0 Å². The first-order valence-corrected chi connectivity index (χ1v) is 8.07. The van der Waals surface area contributed by atoms with E-state index in [1.165, 1.54) is 30.7 Å². The zero-order valence-corrected chi connectivity index (χ0v) is 13.9. The molecule has 1 aliphatic carbocycles. The Labute approximate surface area is 123 Å². The Morgan fingerprint density at radius 1 is 1.40 bits per heavy atom. The molecule has 1 aromatic heterocycles. The van der Waals surface area contributed by atoms with E-state index < -0.39 is 0 Å². The van der Waals surface area contributed by atoms with Crippen molar-refractivity contribution in [2.45, 2.75) is 71.8 Å². The summed E-state index contributed by atoms with van der Waals surface area (Å²) in [6, 6.07) is 2.24. The highest BCUT2D eigenvalue weighted by molar-refractivity contribution is 5.15. The van der Waals surface area contributed by atoms with Gasteiger partial charge in [-0.3, -0.25) is 4.68 Å².